The number of unbranched alkanes of at least 4 members (excludes halogenated alkanes) is 9. The summed E-state index contributed by atoms with van der Waals surface area (Å²) < 4.78 is 32.2. The molecule has 0 saturated heterocycles. The molecule has 0 aliphatic carbocycles. The first-order chi connectivity index (χ1) is 19.8. The van der Waals surface area contributed by atoms with E-state index in [1.807, 2.05) is 18.2 Å². The van der Waals surface area contributed by atoms with Crippen molar-refractivity contribution in [3.8, 4) is 0 Å². The van der Waals surface area contributed by atoms with Crippen LogP contribution in [-0.4, -0.2) is 49.3 Å². The molecule has 0 aliphatic rings. The van der Waals surface area contributed by atoms with Gasteiger partial charge in [-0.05, 0) is 44.9 Å². The van der Waals surface area contributed by atoms with Crippen molar-refractivity contribution < 1.29 is 37.6 Å². The fourth-order valence-corrected chi connectivity index (χ4v) is 4.47. The molecule has 0 aromatic carbocycles. The van der Waals surface area contributed by atoms with Crippen LogP contribution in [0, 0.1) is 0 Å². The Labute approximate surface area is 248 Å². The van der Waals surface area contributed by atoms with Crippen LogP contribution in [0.4, 0.5) is 0 Å². The number of rotatable bonds is 28. The van der Waals surface area contributed by atoms with E-state index in [9.17, 15) is 19.0 Å². The zero-order valence-electron chi connectivity index (χ0n) is 25.5. The number of allylic oxidation sites excluding steroid dienone is 6. The minimum atomic E-state index is -4.38. The van der Waals surface area contributed by atoms with Crippen LogP contribution in [0.1, 0.15) is 117 Å². The van der Waals surface area contributed by atoms with Gasteiger partial charge in [0.15, 0.2) is 6.10 Å². The highest BCUT2D eigenvalue weighted by Gasteiger charge is 2.25. The fourth-order valence-electron chi connectivity index (χ4n) is 3.70. The molecule has 0 amide bonds. The van der Waals surface area contributed by atoms with E-state index in [2.05, 4.69) is 32.1 Å². The summed E-state index contributed by atoms with van der Waals surface area (Å²) in [6.07, 6.45) is 26.6. The van der Waals surface area contributed by atoms with E-state index in [0.29, 0.717) is 12.8 Å². The van der Waals surface area contributed by atoms with E-state index in [1.165, 1.54) is 44.9 Å². The Morgan fingerprint density at radius 1 is 0.732 bits per heavy atom. The second-order valence-electron chi connectivity index (χ2n) is 9.96. The predicted octanol–water partition coefficient (Wildman–Crippen LogP) is 7.48. The monoisotopic (exact) mass is 601 g/mol. The van der Waals surface area contributed by atoms with Crippen molar-refractivity contribution in [3.63, 3.8) is 0 Å². The molecule has 0 spiro atoms. The normalized spacial score (nSPS) is 14.1. The predicted molar refractivity (Wildman–Crippen MR) is 164 cm³/mol. The molecule has 0 bridgehead atoms. The molecule has 0 saturated carbocycles. The zero-order valence-corrected chi connectivity index (χ0v) is 26.4. The Morgan fingerprint density at radius 3 is 1.95 bits per heavy atom. The molecule has 41 heavy (non-hydrogen) atoms. The number of phosphoric ester groups is 1. The van der Waals surface area contributed by atoms with E-state index in [4.69, 9.17) is 24.3 Å². The van der Waals surface area contributed by atoms with Crippen LogP contribution in [0.3, 0.4) is 0 Å². The number of carbonyl (C=O) groups excluding carboxylic acids is 2. The summed E-state index contributed by atoms with van der Waals surface area (Å²) in [5, 5.41) is 0. The van der Waals surface area contributed by atoms with Crippen molar-refractivity contribution in [2.24, 2.45) is 5.73 Å². The second kappa shape index (κ2) is 28.4. The molecular weight excluding hydrogens is 545 g/mol. The summed E-state index contributed by atoms with van der Waals surface area (Å²) in [6.45, 7) is 3.49. The number of nitrogens with two attached hydrogens (primary N) is 1. The highest BCUT2D eigenvalue weighted by molar-refractivity contribution is 7.47. The van der Waals surface area contributed by atoms with Crippen molar-refractivity contribution in [2.75, 3.05) is 26.4 Å². The van der Waals surface area contributed by atoms with Gasteiger partial charge in [-0.2, -0.15) is 0 Å². The lowest BCUT2D eigenvalue weighted by Gasteiger charge is -2.19. The average Bonchev–Trinajstić information content (AvgIpc) is 2.95. The summed E-state index contributed by atoms with van der Waals surface area (Å²) in [6, 6.07) is 0. The number of esters is 2. The summed E-state index contributed by atoms with van der Waals surface area (Å²) in [7, 11) is -4.38. The molecule has 0 radical (unpaired) electrons. The number of carbonyl (C=O) groups is 2. The smallest absolute Gasteiger partial charge is 0.462 e. The molecular formula is C31H56NO8P. The zero-order chi connectivity index (χ0) is 30.4. The molecule has 0 heterocycles. The Hall–Kier alpha value is -1.77. The quantitative estimate of drug-likeness (QED) is 0.0405. The van der Waals surface area contributed by atoms with Gasteiger partial charge < -0.3 is 20.1 Å². The lowest BCUT2D eigenvalue weighted by atomic mass is 10.1. The molecule has 0 aromatic heterocycles. The third kappa shape index (κ3) is 28.1. The number of ether oxygens (including phenoxy) is 2. The minimum Gasteiger partial charge on any atom is -0.462 e. The van der Waals surface area contributed by atoms with Gasteiger partial charge in [0.05, 0.1) is 13.2 Å². The van der Waals surface area contributed by atoms with Gasteiger partial charge in [-0.3, -0.25) is 18.6 Å². The Balaban J connectivity index is 4.47. The van der Waals surface area contributed by atoms with Crippen LogP contribution in [-0.2, 0) is 32.7 Å². The van der Waals surface area contributed by atoms with E-state index < -0.39 is 32.5 Å². The molecule has 3 N–H and O–H groups in total. The Bertz CT molecular complexity index is 784. The maximum Gasteiger partial charge on any atom is 0.472 e. The maximum atomic E-state index is 12.4. The van der Waals surface area contributed by atoms with Crippen molar-refractivity contribution in [1.29, 1.82) is 0 Å². The van der Waals surface area contributed by atoms with Crippen molar-refractivity contribution >= 4 is 19.8 Å². The van der Waals surface area contributed by atoms with Gasteiger partial charge in [0.25, 0.3) is 0 Å². The summed E-state index contributed by atoms with van der Waals surface area (Å²) >= 11 is 0. The molecule has 2 unspecified atom stereocenters. The number of hydrogen-bond donors (Lipinski definition) is 2. The van der Waals surface area contributed by atoms with Gasteiger partial charge in [0.1, 0.15) is 6.61 Å². The van der Waals surface area contributed by atoms with E-state index in [-0.39, 0.29) is 32.6 Å². The topological polar surface area (TPSA) is 134 Å². The highest BCUT2D eigenvalue weighted by atomic mass is 31.2. The van der Waals surface area contributed by atoms with E-state index in [1.54, 1.807) is 0 Å². The van der Waals surface area contributed by atoms with Crippen LogP contribution in [0.25, 0.3) is 0 Å². The first kappa shape index (κ1) is 39.2. The van der Waals surface area contributed by atoms with Gasteiger partial charge in [-0.15, -0.1) is 0 Å². The van der Waals surface area contributed by atoms with Crippen LogP contribution >= 0.6 is 7.82 Å². The molecule has 10 heteroatoms. The largest absolute Gasteiger partial charge is 0.472 e. The minimum absolute atomic E-state index is 0.0411. The molecule has 0 rings (SSSR count). The summed E-state index contributed by atoms with van der Waals surface area (Å²) in [5.74, 6) is -0.980. The number of hydrogen-bond acceptors (Lipinski definition) is 8. The van der Waals surface area contributed by atoms with Gasteiger partial charge in [0, 0.05) is 19.4 Å². The lowest BCUT2D eigenvalue weighted by molar-refractivity contribution is -0.161. The first-order valence-electron chi connectivity index (χ1n) is 15.5. The highest BCUT2D eigenvalue weighted by Crippen LogP contribution is 2.43. The van der Waals surface area contributed by atoms with E-state index >= 15 is 0 Å². The lowest BCUT2D eigenvalue weighted by Crippen LogP contribution is -2.29. The molecule has 0 fully saturated rings. The maximum absolute atomic E-state index is 12.4. The Kier molecular flexibility index (Phi) is 27.1. The van der Waals surface area contributed by atoms with Gasteiger partial charge in [-0.25, -0.2) is 4.57 Å². The van der Waals surface area contributed by atoms with Gasteiger partial charge in [0.2, 0.25) is 0 Å². The van der Waals surface area contributed by atoms with Gasteiger partial charge >= 0.3 is 19.8 Å². The molecule has 9 nitrogen and oxygen atoms in total. The summed E-state index contributed by atoms with van der Waals surface area (Å²) in [5.41, 5.74) is 5.29. The van der Waals surface area contributed by atoms with Crippen LogP contribution in [0.5, 0.6) is 0 Å². The fraction of sp³-hybridized carbons (Fsp3) is 0.742. The number of phosphoric acid groups is 1. The third-order valence-electron chi connectivity index (χ3n) is 6.03. The Morgan fingerprint density at radius 2 is 1.27 bits per heavy atom. The van der Waals surface area contributed by atoms with Crippen LogP contribution in [0.15, 0.2) is 36.5 Å². The molecule has 0 aromatic rings. The van der Waals surface area contributed by atoms with Crippen molar-refractivity contribution in [1.82, 2.24) is 0 Å². The van der Waals surface area contributed by atoms with E-state index in [0.717, 1.165) is 32.1 Å². The first-order valence-corrected chi connectivity index (χ1v) is 17.0. The molecule has 238 valence electrons. The molecule has 0 aliphatic heterocycles. The summed E-state index contributed by atoms with van der Waals surface area (Å²) in [4.78, 5) is 34.2. The third-order valence-corrected chi connectivity index (χ3v) is 7.01. The van der Waals surface area contributed by atoms with Crippen LogP contribution < -0.4 is 5.73 Å². The average molecular weight is 602 g/mol. The molecule has 2 atom stereocenters. The van der Waals surface area contributed by atoms with Gasteiger partial charge in [-0.1, -0.05) is 95.2 Å². The van der Waals surface area contributed by atoms with Crippen molar-refractivity contribution in [3.05, 3.63) is 36.5 Å². The van der Waals surface area contributed by atoms with Crippen LogP contribution in [0.2, 0.25) is 0 Å². The second-order valence-corrected chi connectivity index (χ2v) is 11.4. The standard InChI is InChI=1S/C31H56NO8P/c1-3-5-7-9-11-12-13-14-15-16-18-20-22-24-31(34)40-29(28-39-41(35,36)38-26-25-32)27-37-30(33)23-21-19-17-10-8-6-4-2/h14-15,17-20,29H,3-13,16,21-28,32H2,1-2H3,(H,35,36)/b15-14+,19-17+,20-18+. The van der Waals surface area contributed by atoms with Crippen molar-refractivity contribution in [2.45, 2.75) is 123 Å². The SMILES string of the molecule is CCCCC/C=C/CCC(=O)OCC(COP(=O)(O)OCCN)OC(=O)CC/C=C/C/C=C/CCCCCCCC.